The lowest BCUT2D eigenvalue weighted by Gasteiger charge is -2.17. The molecule has 1 rings (SSSR count). The minimum absolute atomic E-state index is 0.141. The lowest BCUT2D eigenvalue weighted by molar-refractivity contribution is -0.146. The van der Waals surface area contributed by atoms with Gasteiger partial charge in [0.25, 0.3) is 0 Å². The SMILES string of the molecule is CCON(C=O)C(=S)Nc1cc(Br)ccn1. The number of rotatable bonds is 4. The molecule has 1 N–H and O–H groups in total. The van der Waals surface area contributed by atoms with E-state index in [9.17, 15) is 4.79 Å². The van der Waals surface area contributed by atoms with Crippen molar-refractivity contribution in [1.29, 1.82) is 0 Å². The topological polar surface area (TPSA) is 54.5 Å². The number of pyridine rings is 1. The van der Waals surface area contributed by atoms with E-state index in [1.165, 1.54) is 0 Å². The Hall–Kier alpha value is -1.05. The number of hydroxylamine groups is 2. The largest absolute Gasteiger partial charge is 0.315 e. The first-order valence-electron chi connectivity index (χ1n) is 4.47. The standard InChI is InChI=1S/C9H10BrN3O2S/c1-2-15-13(6-14)9(16)12-8-5-7(10)3-4-11-8/h3-6H,2H2,1H3,(H,11,12,16). The fourth-order valence-corrected chi connectivity index (χ4v) is 1.45. The molecule has 0 atom stereocenters. The Bertz CT molecular complexity index is 389. The molecule has 86 valence electrons. The summed E-state index contributed by atoms with van der Waals surface area (Å²) in [6.45, 7) is 2.11. The molecule has 0 unspecified atom stereocenters. The molecule has 0 aromatic carbocycles. The van der Waals surface area contributed by atoms with Crippen molar-refractivity contribution < 1.29 is 9.63 Å². The molecule has 0 aliphatic rings. The molecule has 0 bridgehead atoms. The van der Waals surface area contributed by atoms with E-state index in [1.54, 1.807) is 25.3 Å². The summed E-state index contributed by atoms with van der Waals surface area (Å²) in [7, 11) is 0. The maximum Gasteiger partial charge on any atom is 0.240 e. The summed E-state index contributed by atoms with van der Waals surface area (Å²) in [5, 5.41) is 3.86. The quantitative estimate of drug-likeness (QED) is 0.523. The van der Waals surface area contributed by atoms with Crippen molar-refractivity contribution in [3.63, 3.8) is 0 Å². The molecule has 1 aromatic heterocycles. The normalized spacial score (nSPS) is 9.62. The second kappa shape index (κ2) is 6.51. The number of nitrogens with one attached hydrogen (secondary N) is 1. The predicted molar refractivity (Wildman–Crippen MR) is 67.7 cm³/mol. The van der Waals surface area contributed by atoms with E-state index in [1.807, 2.05) is 0 Å². The van der Waals surface area contributed by atoms with Crippen LogP contribution in [0, 0.1) is 0 Å². The first kappa shape index (κ1) is 13.0. The zero-order chi connectivity index (χ0) is 12.0. The van der Waals surface area contributed by atoms with Gasteiger partial charge in [-0.2, -0.15) is 5.06 Å². The van der Waals surface area contributed by atoms with Gasteiger partial charge in [-0.3, -0.25) is 9.63 Å². The van der Waals surface area contributed by atoms with Crippen LogP contribution in [0.5, 0.6) is 0 Å². The van der Waals surface area contributed by atoms with Crippen LogP contribution >= 0.6 is 28.1 Å². The highest BCUT2D eigenvalue weighted by Crippen LogP contribution is 2.13. The van der Waals surface area contributed by atoms with Gasteiger partial charge in [0.05, 0.1) is 6.61 Å². The molecular weight excluding hydrogens is 294 g/mol. The van der Waals surface area contributed by atoms with Crippen LogP contribution in [0.3, 0.4) is 0 Å². The summed E-state index contributed by atoms with van der Waals surface area (Å²) in [6, 6.07) is 3.52. The number of aromatic nitrogens is 1. The van der Waals surface area contributed by atoms with E-state index in [0.29, 0.717) is 18.8 Å². The minimum atomic E-state index is 0.141. The van der Waals surface area contributed by atoms with Gasteiger partial charge in [-0.05, 0) is 31.3 Å². The third-order valence-corrected chi connectivity index (χ3v) is 2.30. The van der Waals surface area contributed by atoms with Crippen LogP contribution in [0.4, 0.5) is 5.82 Å². The molecule has 0 spiro atoms. The molecule has 1 aromatic rings. The molecule has 0 aliphatic carbocycles. The number of hydrogen-bond donors (Lipinski definition) is 1. The van der Waals surface area contributed by atoms with Gasteiger partial charge in [0.15, 0.2) is 0 Å². The van der Waals surface area contributed by atoms with E-state index in [-0.39, 0.29) is 5.11 Å². The smallest absolute Gasteiger partial charge is 0.240 e. The maximum absolute atomic E-state index is 10.6. The van der Waals surface area contributed by atoms with Crippen molar-refractivity contribution in [3.8, 4) is 0 Å². The Morgan fingerprint density at radius 3 is 3.12 bits per heavy atom. The van der Waals surface area contributed by atoms with Crippen LogP contribution in [0.1, 0.15) is 6.92 Å². The lowest BCUT2D eigenvalue weighted by Crippen LogP contribution is -2.33. The number of carbonyl (C=O) groups excluding carboxylic acids is 1. The number of nitrogens with zero attached hydrogens (tertiary/aromatic N) is 2. The number of thiocarbonyl (C=S) groups is 1. The van der Waals surface area contributed by atoms with Crippen LogP contribution in [0.15, 0.2) is 22.8 Å². The summed E-state index contributed by atoms with van der Waals surface area (Å²) in [4.78, 5) is 19.6. The van der Waals surface area contributed by atoms with Crippen LogP contribution in [-0.4, -0.2) is 28.2 Å². The maximum atomic E-state index is 10.6. The van der Waals surface area contributed by atoms with Gasteiger partial charge in [0.1, 0.15) is 5.82 Å². The number of halogens is 1. The lowest BCUT2D eigenvalue weighted by atomic mass is 10.5. The van der Waals surface area contributed by atoms with E-state index < -0.39 is 0 Å². The van der Waals surface area contributed by atoms with Gasteiger partial charge in [0.2, 0.25) is 11.5 Å². The fraction of sp³-hybridized carbons (Fsp3) is 0.222. The second-order valence-corrected chi connectivity index (χ2v) is 3.94. The molecule has 16 heavy (non-hydrogen) atoms. The Morgan fingerprint density at radius 1 is 1.81 bits per heavy atom. The van der Waals surface area contributed by atoms with Gasteiger partial charge in [-0.1, -0.05) is 15.9 Å². The van der Waals surface area contributed by atoms with Gasteiger partial charge in [-0.15, -0.1) is 0 Å². The van der Waals surface area contributed by atoms with Gasteiger partial charge < -0.3 is 5.32 Å². The average Bonchev–Trinajstić information content (AvgIpc) is 2.25. The highest BCUT2D eigenvalue weighted by atomic mass is 79.9. The molecule has 0 aliphatic heterocycles. The molecule has 7 heteroatoms. The molecular formula is C9H10BrN3O2S. The molecule has 5 nitrogen and oxygen atoms in total. The highest BCUT2D eigenvalue weighted by molar-refractivity contribution is 9.10. The summed E-state index contributed by atoms with van der Waals surface area (Å²) in [5.41, 5.74) is 0. The van der Waals surface area contributed by atoms with Crippen molar-refractivity contribution in [2.75, 3.05) is 11.9 Å². The molecule has 0 saturated carbocycles. The van der Waals surface area contributed by atoms with Gasteiger partial charge in [0, 0.05) is 10.7 Å². The molecule has 1 amide bonds. The first-order chi connectivity index (χ1) is 7.67. The molecule has 0 radical (unpaired) electrons. The third kappa shape index (κ3) is 3.84. The highest BCUT2D eigenvalue weighted by Gasteiger charge is 2.09. The van der Waals surface area contributed by atoms with Crippen molar-refractivity contribution >= 4 is 45.5 Å². The number of carbonyl (C=O) groups is 1. The Kier molecular flexibility index (Phi) is 5.30. The van der Waals surface area contributed by atoms with E-state index in [2.05, 4.69) is 26.2 Å². The van der Waals surface area contributed by atoms with Crippen LogP contribution in [-0.2, 0) is 9.63 Å². The molecule has 1 heterocycles. The zero-order valence-electron chi connectivity index (χ0n) is 8.51. The summed E-state index contributed by atoms with van der Waals surface area (Å²) < 4.78 is 0.863. The number of amides is 1. The van der Waals surface area contributed by atoms with Gasteiger partial charge >= 0.3 is 0 Å². The average molecular weight is 304 g/mol. The third-order valence-electron chi connectivity index (χ3n) is 1.52. The van der Waals surface area contributed by atoms with Crippen molar-refractivity contribution in [2.45, 2.75) is 6.92 Å². The van der Waals surface area contributed by atoms with E-state index >= 15 is 0 Å². The Morgan fingerprint density at radius 2 is 2.56 bits per heavy atom. The molecule has 0 saturated heterocycles. The monoisotopic (exact) mass is 303 g/mol. The molecule has 0 fully saturated rings. The fourth-order valence-electron chi connectivity index (χ4n) is 0.914. The first-order valence-corrected chi connectivity index (χ1v) is 5.67. The summed E-state index contributed by atoms with van der Waals surface area (Å²) in [5.74, 6) is 0.533. The van der Waals surface area contributed by atoms with Gasteiger partial charge in [-0.25, -0.2) is 4.98 Å². The van der Waals surface area contributed by atoms with E-state index in [4.69, 9.17) is 17.1 Å². The predicted octanol–water partition coefficient (Wildman–Crippen LogP) is 1.95. The number of hydrogen-bond acceptors (Lipinski definition) is 4. The summed E-state index contributed by atoms with van der Waals surface area (Å²) in [6.07, 6.45) is 2.11. The van der Waals surface area contributed by atoms with Crippen molar-refractivity contribution in [2.24, 2.45) is 0 Å². The minimum Gasteiger partial charge on any atom is -0.315 e. The van der Waals surface area contributed by atoms with Crippen molar-refractivity contribution in [3.05, 3.63) is 22.8 Å². The number of anilines is 1. The van der Waals surface area contributed by atoms with Crippen LogP contribution in [0.25, 0.3) is 0 Å². The van der Waals surface area contributed by atoms with Crippen molar-refractivity contribution in [1.82, 2.24) is 10.0 Å². The second-order valence-electron chi connectivity index (χ2n) is 2.64. The Labute approximate surface area is 107 Å². The van der Waals surface area contributed by atoms with E-state index in [0.717, 1.165) is 9.54 Å². The van der Waals surface area contributed by atoms with Crippen LogP contribution in [0.2, 0.25) is 0 Å². The summed E-state index contributed by atoms with van der Waals surface area (Å²) >= 11 is 8.27. The zero-order valence-corrected chi connectivity index (χ0v) is 10.9. The Balaban J connectivity index is 2.66. The van der Waals surface area contributed by atoms with Crippen LogP contribution < -0.4 is 5.32 Å².